The third kappa shape index (κ3) is 4.50. The van der Waals surface area contributed by atoms with E-state index in [1.165, 1.54) is 24.8 Å². The first-order chi connectivity index (χ1) is 9.15. The molecule has 1 aliphatic rings. The van der Waals surface area contributed by atoms with Crippen molar-refractivity contribution in [3.05, 3.63) is 23.9 Å². The van der Waals surface area contributed by atoms with Crippen LogP contribution in [0, 0.1) is 11.8 Å². The van der Waals surface area contributed by atoms with Crippen LogP contribution in [0.2, 0.25) is 0 Å². The Labute approximate surface area is 117 Å². The lowest BCUT2D eigenvalue weighted by molar-refractivity contribution is 0.321. The largest absolute Gasteiger partial charge is 0.359 e. The maximum atomic E-state index is 4.49. The first kappa shape index (κ1) is 14.3. The molecule has 0 saturated heterocycles. The SMILES string of the molecule is CC(C)CNCc1ccnc(N(C)CC2CCC2)c1. The van der Waals surface area contributed by atoms with E-state index in [1.54, 1.807) is 0 Å². The number of nitrogens with zero attached hydrogens (tertiary/aromatic N) is 2. The van der Waals surface area contributed by atoms with E-state index in [4.69, 9.17) is 0 Å². The molecule has 0 spiro atoms. The molecule has 1 N–H and O–H groups in total. The van der Waals surface area contributed by atoms with Gasteiger partial charge in [-0.1, -0.05) is 20.3 Å². The minimum Gasteiger partial charge on any atom is -0.359 e. The molecule has 1 aromatic heterocycles. The summed E-state index contributed by atoms with van der Waals surface area (Å²) in [6, 6.07) is 4.32. The van der Waals surface area contributed by atoms with Crippen LogP contribution in [0.5, 0.6) is 0 Å². The van der Waals surface area contributed by atoms with Gasteiger partial charge in [0.2, 0.25) is 0 Å². The average molecular weight is 261 g/mol. The fraction of sp³-hybridized carbons (Fsp3) is 0.688. The van der Waals surface area contributed by atoms with Crippen molar-refractivity contribution in [1.29, 1.82) is 0 Å². The van der Waals surface area contributed by atoms with E-state index in [-0.39, 0.29) is 0 Å². The van der Waals surface area contributed by atoms with E-state index in [0.717, 1.165) is 31.4 Å². The van der Waals surface area contributed by atoms with Gasteiger partial charge < -0.3 is 10.2 Å². The average Bonchev–Trinajstić information content (AvgIpc) is 2.33. The summed E-state index contributed by atoms with van der Waals surface area (Å²) in [5.74, 6) is 2.69. The Morgan fingerprint density at radius 3 is 2.84 bits per heavy atom. The highest BCUT2D eigenvalue weighted by Crippen LogP contribution is 2.27. The standard InChI is InChI=1S/C16H27N3/c1-13(2)10-17-11-15-7-8-18-16(9-15)19(3)12-14-5-4-6-14/h7-9,13-14,17H,4-6,10-12H2,1-3H3. The number of hydrogen-bond donors (Lipinski definition) is 1. The number of rotatable bonds is 7. The molecule has 1 heterocycles. The number of hydrogen-bond acceptors (Lipinski definition) is 3. The maximum Gasteiger partial charge on any atom is 0.128 e. The molecular formula is C16H27N3. The van der Waals surface area contributed by atoms with Gasteiger partial charge in [0.25, 0.3) is 0 Å². The normalized spacial score (nSPS) is 15.6. The second-order valence-electron chi connectivity index (χ2n) is 6.22. The van der Waals surface area contributed by atoms with Gasteiger partial charge in [0, 0.05) is 26.3 Å². The van der Waals surface area contributed by atoms with E-state index in [1.807, 2.05) is 6.20 Å². The van der Waals surface area contributed by atoms with Gasteiger partial charge in [0.05, 0.1) is 0 Å². The third-order valence-electron chi connectivity index (χ3n) is 3.84. The quantitative estimate of drug-likeness (QED) is 0.817. The molecule has 3 nitrogen and oxygen atoms in total. The Balaban J connectivity index is 1.86. The van der Waals surface area contributed by atoms with E-state index >= 15 is 0 Å². The summed E-state index contributed by atoms with van der Waals surface area (Å²) in [5.41, 5.74) is 1.33. The Hall–Kier alpha value is -1.09. The minimum absolute atomic E-state index is 0.697. The predicted octanol–water partition coefficient (Wildman–Crippen LogP) is 3.06. The summed E-state index contributed by atoms with van der Waals surface area (Å²) in [6.45, 7) is 7.62. The zero-order chi connectivity index (χ0) is 13.7. The molecular weight excluding hydrogens is 234 g/mol. The van der Waals surface area contributed by atoms with E-state index in [2.05, 4.69) is 48.2 Å². The van der Waals surface area contributed by atoms with Crippen LogP contribution in [-0.4, -0.2) is 25.1 Å². The first-order valence-corrected chi connectivity index (χ1v) is 7.52. The zero-order valence-corrected chi connectivity index (χ0v) is 12.5. The van der Waals surface area contributed by atoms with Gasteiger partial charge in [-0.25, -0.2) is 4.98 Å². The topological polar surface area (TPSA) is 28.2 Å². The zero-order valence-electron chi connectivity index (χ0n) is 12.5. The highest BCUT2D eigenvalue weighted by molar-refractivity contribution is 5.40. The molecule has 0 radical (unpaired) electrons. The van der Waals surface area contributed by atoms with Crippen molar-refractivity contribution in [2.75, 3.05) is 25.0 Å². The van der Waals surface area contributed by atoms with Gasteiger partial charge >= 0.3 is 0 Å². The highest BCUT2D eigenvalue weighted by atomic mass is 15.2. The second kappa shape index (κ2) is 6.90. The molecule has 1 aromatic rings. The van der Waals surface area contributed by atoms with Crippen LogP contribution < -0.4 is 10.2 Å². The fourth-order valence-corrected chi connectivity index (χ4v) is 2.44. The molecule has 0 aliphatic heterocycles. The molecule has 0 amide bonds. The lowest BCUT2D eigenvalue weighted by atomic mass is 9.85. The van der Waals surface area contributed by atoms with Crippen LogP contribution in [0.1, 0.15) is 38.7 Å². The van der Waals surface area contributed by atoms with Crippen molar-refractivity contribution >= 4 is 5.82 Å². The van der Waals surface area contributed by atoms with Crippen molar-refractivity contribution in [3.63, 3.8) is 0 Å². The molecule has 0 aromatic carbocycles. The predicted molar refractivity (Wildman–Crippen MR) is 81.4 cm³/mol. The van der Waals surface area contributed by atoms with Crippen LogP contribution in [0.3, 0.4) is 0 Å². The van der Waals surface area contributed by atoms with Crippen molar-refractivity contribution < 1.29 is 0 Å². The van der Waals surface area contributed by atoms with E-state index in [9.17, 15) is 0 Å². The van der Waals surface area contributed by atoms with Gasteiger partial charge in [0.15, 0.2) is 0 Å². The summed E-state index contributed by atoms with van der Waals surface area (Å²) in [6.07, 6.45) is 6.12. The van der Waals surface area contributed by atoms with Gasteiger partial charge in [-0.15, -0.1) is 0 Å². The molecule has 2 rings (SSSR count). The summed E-state index contributed by atoms with van der Waals surface area (Å²) in [5, 5.41) is 3.48. The molecule has 0 bridgehead atoms. The van der Waals surface area contributed by atoms with E-state index in [0.29, 0.717) is 5.92 Å². The van der Waals surface area contributed by atoms with Crippen LogP contribution >= 0.6 is 0 Å². The van der Waals surface area contributed by atoms with Crippen LogP contribution in [0.15, 0.2) is 18.3 Å². The smallest absolute Gasteiger partial charge is 0.128 e. The first-order valence-electron chi connectivity index (χ1n) is 7.52. The minimum atomic E-state index is 0.697. The monoisotopic (exact) mass is 261 g/mol. The van der Waals surface area contributed by atoms with E-state index < -0.39 is 0 Å². The van der Waals surface area contributed by atoms with Crippen molar-refractivity contribution in [3.8, 4) is 0 Å². The molecule has 1 saturated carbocycles. The summed E-state index contributed by atoms with van der Waals surface area (Å²) in [4.78, 5) is 6.79. The fourth-order valence-electron chi connectivity index (χ4n) is 2.44. The lowest BCUT2D eigenvalue weighted by Gasteiger charge is -2.30. The maximum absolute atomic E-state index is 4.49. The van der Waals surface area contributed by atoms with Crippen LogP contribution in [0.25, 0.3) is 0 Å². The molecule has 0 unspecified atom stereocenters. The molecule has 3 heteroatoms. The van der Waals surface area contributed by atoms with Crippen molar-refractivity contribution in [2.24, 2.45) is 11.8 Å². The molecule has 19 heavy (non-hydrogen) atoms. The van der Waals surface area contributed by atoms with Crippen LogP contribution in [0.4, 0.5) is 5.82 Å². The van der Waals surface area contributed by atoms with Gasteiger partial charge in [-0.05, 0) is 48.9 Å². The number of nitrogens with one attached hydrogen (secondary N) is 1. The van der Waals surface area contributed by atoms with Gasteiger partial charge in [0.1, 0.15) is 5.82 Å². The number of pyridine rings is 1. The molecule has 106 valence electrons. The summed E-state index contributed by atoms with van der Waals surface area (Å²) < 4.78 is 0. The van der Waals surface area contributed by atoms with Gasteiger partial charge in [-0.2, -0.15) is 0 Å². The molecule has 0 atom stereocenters. The van der Waals surface area contributed by atoms with Crippen molar-refractivity contribution in [1.82, 2.24) is 10.3 Å². The summed E-state index contributed by atoms with van der Waals surface area (Å²) >= 11 is 0. The third-order valence-corrected chi connectivity index (χ3v) is 3.84. The van der Waals surface area contributed by atoms with Gasteiger partial charge in [-0.3, -0.25) is 0 Å². The Kier molecular flexibility index (Phi) is 5.20. The van der Waals surface area contributed by atoms with Crippen LogP contribution in [-0.2, 0) is 6.54 Å². The highest BCUT2D eigenvalue weighted by Gasteiger charge is 2.19. The molecule has 1 fully saturated rings. The Morgan fingerprint density at radius 1 is 1.42 bits per heavy atom. The molecule has 1 aliphatic carbocycles. The second-order valence-corrected chi connectivity index (χ2v) is 6.22. The summed E-state index contributed by atoms with van der Waals surface area (Å²) in [7, 11) is 2.16. The number of aromatic nitrogens is 1. The Morgan fingerprint density at radius 2 is 2.21 bits per heavy atom. The Bertz CT molecular complexity index is 385. The number of anilines is 1. The lowest BCUT2D eigenvalue weighted by Crippen LogP contribution is -2.30. The van der Waals surface area contributed by atoms with Crippen molar-refractivity contribution in [2.45, 2.75) is 39.7 Å².